The molecule has 0 saturated carbocycles. The number of hydrogen-bond acceptors (Lipinski definition) is 5. The minimum absolute atomic E-state index is 0.184. The predicted octanol–water partition coefficient (Wildman–Crippen LogP) is 1.89. The Labute approximate surface area is 150 Å². The molecular formula is C18H21N3O3S. The standard InChI is InChI=1S/C18H21N3O3S/c1-11(20-18(24)16-7-15(23)9-21(16)10-22)13-3-5-14(6-4-13)17-8-19-12(2)25-17/h3-6,8,10-11,15-16,23H,7,9H2,1-2H3,(H,20,24)/t11-,15+,16-/m0/s1. The number of carbonyl (C=O) groups is 2. The van der Waals surface area contributed by atoms with Crippen LogP contribution in [0.15, 0.2) is 30.5 Å². The number of thiazole rings is 1. The first-order valence-electron chi connectivity index (χ1n) is 8.20. The molecule has 1 aromatic heterocycles. The van der Waals surface area contributed by atoms with Gasteiger partial charge in [0.05, 0.1) is 22.0 Å². The maximum Gasteiger partial charge on any atom is 0.243 e. The number of rotatable bonds is 5. The van der Waals surface area contributed by atoms with Crippen LogP contribution in [0.1, 0.15) is 30.0 Å². The first kappa shape index (κ1) is 17.6. The normalized spacial score (nSPS) is 21.2. The van der Waals surface area contributed by atoms with Crippen LogP contribution in [0.4, 0.5) is 0 Å². The third-order valence-electron chi connectivity index (χ3n) is 4.43. The monoisotopic (exact) mass is 359 g/mol. The van der Waals surface area contributed by atoms with E-state index in [-0.39, 0.29) is 24.9 Å². The van der Waals surface area contributed by atoms with Crippen LogP contribution in [-0.2, 0) is 9.59 Å². The molecule has 0 spiro atoms. The van der Waals surface area contributed by atoms with Gasteiger partial charge in [0.25, 0.3) is 0 Å². The molecule has 132 valence electrons. The summed E-state index contributed by atoms with van der Waals surface area (Å²) in [5.41, 5.74) is 2.08. The van der Waals surface area contributed by atoms with Gasteiger partial charge in [0.1, 0.15) is 6.04 Å². The highest BCUT2D eigenvalue weighted by molar-refractivity contribution is 7.15. The van der Waals surface area contributed by atoms with Gasteiger partial charge in [-0.3, -0.25) is 9.59 Å². The van der Waals surface area contributed by atoms with Crippen molar-refractivity contribution in [2.45, 2.75) is 38.5 Å². The molecule has 1 aliphatic heterocycles. The summed E-state index contributed by atoms with van der Waals surface area (Å²) in [7, 11) is 0. The molecule has 25 heavy (non-hydrogen) atoms. The fourth-order valence-corrected chi connectivity index (χ4v) is 3.82. The third kappa shape index (κ3) is 3.88. The van der Waals surface area contributed by atoms with Crippen molar-refractivity contribution in [3.05, 3.63) is 41.0 Å². The smallest absolute Gasteiger partial charge is 0.243 e. The number of β-amino-alcohol motifs (C(OH)–C–C–N with tert-alkyl or cyclic N) is 1. The van der Waals surface area contributed by atoms with Gasteiger partial charge in [-0.05, 0) is 25.0 Å². The molecule has 2 aromatic rings. The van der Waals surface area contributed by atoms with Crippen molar-refractivity contribution in [1.82, 2.24) is 15.2 Å². The Morgan fingerprint density at radius 3 is 2.76 bits per heavy atom. The molecule has 0 bridgehead atoms. The number of hydrogen-bond donors (Lipinski definition) is 2. The fraction of sp³-hybridized carbons (Fsp3) is 0.389. The molecule has 3 rings (SSSR count). The van der Waals surface area contributed by atoms with Gasteiger partial charge in [0.2, 0.25) is 12.3 Å². The Hall–Kier alpha value is -2.25. The summed E-state index contributed by atoms with van der Waals surface area (Å²) in [6.07, 6.45) is 2.12. The van der Waals surface area contributed by atoms with Gasteiger partial charge in [-0.2, -0.15) is 0 Å². The van der Waals surface area contributed by atoms with Crippen molar-refractivity contribution < 1.29 is 14.7 Å². The van der Waals surface area contributed by atoms with Crippen molar-refractivity contribution in [3.8, 4) is 10.4 Å². The average molecular weight is 359 g/mol. The Kier molecular flexibility index (Phi) is 5.15. The molecule has 1 fully saturated rings. The SMILES string of the molecule is Cc1ncc(-c2ccc([C@H](C)NC(=O)[C@@H]3C[C@@H](O)CN3C=O)cc2)s1. The van der Waals surface area contributed by atoms with E-state index in [1.54, 1.807) is 11.3 Å². The van der Waals surface area contributed by atoms with Crippen molar-refractivity contribution in [2.75, 3.05) is 6.54 Å². The molecule has 3 atom stereocenters. The first-order chi connectivity index (χ1) is 12.0. The second kappa shape index (κ2) is 7.33. The van der Waals surface area contributed by atoms with Crippen molar-refractivity contribution in [1.29, 1.82) is 0 Å². The van der Waals surface area contributed by atoms with E-state index in [0.717, 1.165) is 21.0 Å². The highest BCUT2D eigenvalue weighted by Gasteiger charge is 2.35. The minimum Gasteiger partial charge on any atom is -0.391 e. The number of amides is 2. The van der Waals surface area contributed by atoms with Crippen molar-refractivity contribution in [2.24, 2.45) is 0 Å². The van der Waals surface area contributed by atoms with E-state index < -0.39 is 12.1 Å². The van der Waals surface area contributed by atoms with E-state index in [4.69, 9.17) is 0 Å². The van der Waals surface area contributed by atoms with E-state index in [9.17, 15) is 14.7 Å². The molecule has 1 aromatic carbocycles. The van der Waals surface area contributed by atoms with Crippen LogP contribution in [0.25, 0.3) is 10.4 Å². The molecule has 2 amide bonds. The number of aromatic nitrogens is 1. The highest BCUT2D eigenvalue weighted by atomic mass is 32.1. The zero-order valence-electron chi connectivity index (χ0n) is 14.2. The maximum absolute atomic E-state index is 12.4. The van der Waals surface area contributed by atoms with Gasteiger partial charge in [0, 0.05) is 19.2 Å². The Morgan fingerprint density at radius 1 is 1.44 bits per heavy atom. The second-order valence-electron chi connectivity index (χ2n) is 6.30. The second-order valence-corrected chi connectivity index (χ2v) is 7.54. The van der Waals surface area contributed by atoms with Crippen LogP contribution in [0.2, 0.25) is 0 Å². The zero-order valence-corrected chi connectivity index (χ0v) is 15.0. The molecule has 0 unspecified atom stereocenters. The fourth-order valence-electron chi connectivity index (χ4n) is 3.04. The molecule has 2 heterocycles. The minimum atomic E-state index is -0.640. The maximum atomic E-state index is 12.4. The molecule has 1 aliphatic rings. The van der Waals surface area contributed by atoms with Crippen LogP contribution in [0, 0.1) is 6.92 Å². The molecular weight excluding hydrogens is 338 g/mol. The first-order valence-corrected chi connectivity index (χ1v) is 9.02. The van der Waals surface area contributed by atoms with Gasteiger partial charge < -0.3 is 15.3 Å². The summed E-state index contributed by atoms with van der Waals surface area (Å²) in [4.78, 5) is 30.2. The summed E-state index contributed by atoms with van der Waals surface area (Å²) in [6, 6.07) is 7.21. The van der Waals surface area contributed by atoms with E-state index in [2.05, 4.69) is 10.3 Å². The molecule has 7 heteroatoms. The lowest BCUT2D eigenvalue weighted by molar-refractivity contribution is -0.131. The summed E-state index contributed by atoms with van der Waals surface area (Å²) >= 11 is 1.64. The molecule has 0 radical (unpaired) electrons. The van der Waals surface area contributed by atoms with Gasteiger partial charge in [-0.15, -0.1) is 11.3 Å². The van der Waals surface area contributed by atoms with Gasteiger partial charge in [0.15, 0.2) is 0 Å². The lowest BCUT2D eigenvalue weighted by Gasteiger charge is -2.22. The molecule has 6 nitrogen and oxygen atoms in total. The number of aliphatic hydroxyl groups excluding tert-OH is 1. The van der Waals surface area contributed by atoms with E-state index in [1.165, 1.54) is 4.90 Å². The number of likely N-dealkylation sites (tertiary alicyclic amines) is 1. The topological polar surface area (TPSA) is 82.5 Å². The average Bonchev–Trinajstić information content (AvgIpc) is 3.20. The van der Waals surface area contributed by atoms with E-state index in [0.29, 0.717) is 6.41 Å². The van der Waals surface area contributed by atoms with Crippen LogP contribution in [-0.4, -0.2) is 46.0 Å². The van der Waals surface area contributed by atoms with E-state index in [1.807, 2.05) is 44.3 Å². The summed E-state index contributed by atoms with van der Waals surface area (Å²) in [6.45, 7) is 4.09. The van der Waals surface area contributed by atoms with Crippen LogP contribution >= 0.6 is 11.3 Å². The number of benzene rings is 1. The number of nitrogens with one attached hydrogen (secondary N) is 1. The molecule has 2 N–H and O–H groups in total. The Balaban J connectivity index is 1.66. The van der Waals surface area contributed by atoms with Gasteiger partial charge >= 0.3 is 0 Å². The summed E-state index contributed by atoms with van der Waals surface area (Å²) in [5.74, 6) is -0.238. The highest BCUT2D eigenvalue weighted by Crippen LogP contribution is 2.27. The summed E-state index contributed by atoms with van der Waals surface area (Å²) in [5, 5.41) is 13.6. The lowest BCUT2D eigenvalue weighted by Crippen LogP contribution is -2.43. The zero-order chi connectivity index (χ0) is 18.0. The van der Waals surface area contributed by atoms with Gasteiger partial charge in [-0.1, -0.05) is 24.3 Å². The van der Waals surface area contributed by atoms with Crippen LogP contribution < -0.4 is 5.32 Å². The molecule has 1 saturated heterocycles. The Morgan fingerprint density at radius 2 is 2.16 bits per heavy atom. The summed E-state index contributed by atoms with van der Waals surface area (Å²) < 4.78 is 0. The number of aliphatic hydroxyl groups is 1. The number of nitrogens with zero attached hydrogens (tertiary/aromatic N) is 2. The largest absolute Gasteiger partial charge is 0.391 e. The van der Waals surface area contributed by atoms with Crippen molar-refractivity contribution in [3.63, 3.8) is 0 Å². The van der Waals surface area contributed by atoms with Crippen LogP contribution in [0.3, 0.4) is 0 Å². The number of carbonyl (C=O) groups excluding carboxylic acids is 2. The predicted molar refractivity (Wildman–Crippen MR) is 96.0 cm³/mol. The molecule has 0 aliphatic carbocycles. The Bertz CT molecular complexity index is 759. The van der Waals surface area contributed by atoms with E-state index >= 15 is 0 Å². The lowest BCUT2D eigenvalue weighted by atomic mass is 10.0. The van der Waals surface area contributed by atoms with Crippen molar-refractivity contribution >= 4 is 23.7 Å². The van der Waals surface area contributed by atoms with Crippen LogP contribution in [0.5, 0.6) is 0 Å². The third-order valence-corrected chi connectivity index (χ3v) is 5.39. The van der Waals surface area contributed by atoms with Gasteiger partial charge in [-0.25, -0.2) is 4.98 Å². The quantitative estimate of drug-likeness (QED) is 0.799. The number of aryl methyl sites for hydroxylation is 1.